The highest BCUT2D eigenvalue weighted by molar-refractivity contribution is 5.97. The van der Waals surface area contributed by atoms with Crippen molar-refractivity contribution < 1.29 is 14.3 Å². The highest BCUT2D eigenvalue weighted by Crippen LogP contribution is 2.28. The Balaban J connectivity index is 2.04. The van der Waals surface area contributed by atoms with E-state index < -0.39 is 0 Å². The van der Waals surface area contributed by atoms with E-state index in [9.17, 15) is 9.59 Å². The molecule has 1 rings (SSSR count). The zero-order valence-electron chi connectivity index (χ0n) is 22.5. The first-order valence-corrected chi connectivity index (χ1v) is 14.3. The number of ether oxygens (including phenoxy) is 1. The van der Waals surface area contributed by atoms with Gasteiger partial charge >= 0.3 is 5.97 Å². The Bertz CT molecular complexity index is 652. The van der Waals surface area contributed by atoms with Gasteiger partial charge in [-0.25, -0.2) is 0 Å². The predicted octanol–water partition coefficient (Wildman–Crippen LogP) is 9.58. The van der Waals surface area contributed by atoms with Crippen molar-refractivity contribution >= 4 is 11.8 Å². The van der Waals surface area contributed by atoms with Gasteiger partial charge in [-0.1, -0.05) is 147 Å². The molecular weight excluding hydrogens is 420 g/mol. The molecule has 1 atom stereocenters. The van der Waals surface area contributed by atoms with E-state index in [2.05, 4.69) is 6.92 Å². The maximum atomic E-state index is 12.4. The van der Waals surface area contributed by atoms with E-state index in [0.717, 1.165) is 24.8 Å². The Hall–Kier alpha value is -1.64. The number of hydrogen-bond donors (Lipinski definition) is 0. The van der Waals surface area contributed by atoms with Crippen molar-refractivity contribution in [2.75, 3.05) is 7.11 Å². The molecule has 1 aromatic rings. The molecule has 0 heterocycles. The van der Waals surface area contributed by atoms with Gasteiger partial charge in [-0.05, 0) is 18.9 Å². The molecule has 3 heteroatoms. The molecule has 34 heavy (non-hydrogen) atoms. The zero-order chi connectivity index (χ0) is 24.9. The molecule has 0 spiro atoms. The second kappa shape index (κ2) is 20.7. The van der Waals surface area contributed by atoms with Gasteiger partial charge in [0.25, 0.3) is 0 Å². The maximum absolute atomic E-state index is 12.4. The lowest BCUT2D eigenvalue weighted by molar-refractivity contribution is -0.142. The van der Waals surface area contributed by atoms with E-state index in [-0.39, 0.29) is 17.7 Å². The molecule has 1 aromatic carbocycles. The Morgan fingerprint density at radius 3 is 1.50 bits per heavy atom. The zero-order valence-corrected chi connectivity index (χ0v) is 22.5. The number of carbonyl (C=O) groups excluding carboxylic acids is 2. The molecule has 0 saturated carbocycles. The molecule has 0 amide bonds. The summed E-state index contributed by atoms with van der Waals surface area (Å²) in [7, 11) is 1.43. The quantitative estimate of drug-likeness (QED) is 0.0958. The van der Waals surface area contributed by atoms with Crippen LogP contribution in [0.25, 0.3) is 0 Å². The number of ketones is 1. The normalized spacial score (nSPS) is 12.0. The third kappa shape index (κ3) is 13.9. The summed E-state index contributed by atoms with van der Waals surface area (Å²) in [6, 6.07) is 7.45. The van der Waals surface area contributed by atoms with Gasteiger partial charge in [0.15, 0.2) is 5.78 Å². The number of carbonyl (C=O) groups is 2. The number of esters is 1. The van der Waals surface area contributed by atoms with Crippen LogP contribution in [0.1, 0.15) is 158 Å². The van der Waals surface area contributed by atoms with Crippen LogP contribution in [0.3, 0.4) is 0 Å². The fourth-order valence-corrected chi connectivity index (χ4v) is 4.91. The summed E-state index contributed by atoms with van der Waals surface area (Å²) in [4.78, 5) is 24.3. The Morgan fingerprint density at radius 2 is 1.09 bits per heavy atom. The van der Waals surface area contributed by atoms with Crippen LogP contribution in [0.15, 0.2) is 24.3 Å². The topological polar surface area (TPSA) is 43.4 Å². The summed E-state index contributed by atoms with van der Waals surface area (Å²) in [5, 5.41) is 0. The Kier molecular flexibility index (Phi) is 18.5. The molecule has 0 fully saturated rings. The van der Waals surface area contributed by atoms with E-state index in [1.165, 1.54) is 110 Å². The van der Waals surface area contributed by atoms with Gasteiger partial charge in [-0.2, -0.15) is 0 Å². The average Bonchev–Trinajstić information content (AvgIpc) is 2.85. The van der Waals surface area contributed by atoms with Crippen LogP contribution in [0.2, 0.25) is 0 Å². The Morgan fingerprint density at radius 1 is 0.676 bits per heavy atom. The van der Waals surface area contributed by atoms with Crippen LogP contribution >= 0.6 is 0 Å². The van der Waals surface area contributed by atoms with Crippen LogP contribution in [0.4, 0.5) is 0 Å². The van der Waals surface area contributed by atoms with E-state index in [0.29, 0.717) is 5.56 Å². The van der Waals surface area contributed by atoms with Crippen LogP contribution in [0, 0.1) is 0 Å². The van der Waals surface area contributed by atoms with Crippen molar-refractivity contribution in [3.63, 3.8) is 0 Å². The third-order valence-corrected chi connectivity index (χ3v) is 7.05. The largest absolute Gasteiger partial charge is 0.469 e. The fourth-order valence-electron chi connectivity index (χ4n) is 4.91. The van der Waals surface area contributed by atoms with Crippen LogP contribution in [-0.2, 0) is 9.53 Å². The van der Waals surface area contributed by atoms with Crippen LogP contribution in [-0.4, -0.2) is 18.9 Å². The van der Waals surface area contributed by atoms with Crippen LogP contribution < -0.4 is 0 Å². The number of Topliss-reactive ketones (excluding diaryl/α,β-unsaturated/α-hetero) is 1. The van der Waals surface area contributed by atoms with Gasteiger partial charge in [0.1, 0.15) is 0 Å². The summed E-state index contributed by atoms with van der Waals surface area (Å²) >= 11 is 0. The minimum atomic E-state index is -0.342. The lowest BCUT2D eigenvalue weighted by Gasteiger charge is -2.17. The van der Waals surface area contributed by atoms with Gasteiger partial charge < -0.3 is 4.74 Å². The molecule has 0 N–H and O–H groups in total. The first kappa shape index (κ1) is 30.4. The molecule has 0 bridgehead atoms. The molecule has 0 aliphatic heterocycles. The van der Waals surface area contributed by atoms with Crippen molar-refractivity contribution in [2.45, 2.75) is 142 Å². The summed E-state index contributed by atoms with van der Waals surface area (Å²) < 4.78 is 5.04. The van der Waals surface area contributed by atoms with Crippen LogP contribution in [0.5, 0.6) is 0 Å². The fraction of sp³-hybridized carbons (Fsp3) is 0.742. The molecule has 0 saturated heterocycles. The number of methoxy groups -OCH3 is 1. The first-order valence-electron chi connectivity index (χ1n) is 14.3. The molecule has 194 valence electrons. The molecule has 1 unspecified atom stereocenters. The van der Waals surface area contributed by atoms with E-state index in [4.69, 9.17) is 4.74 Å². The second-order valence-corrected chi connectivity index (χ2v) is 10.0. The first-order chi connectivity index (χ1) is 16.6. The van der Waals surface area contributed by atoms with Crippen molar-refractivity contribution in [3.8, 4) is 0 Å². The summed E-state index contributed by atoms with van der Waals surface area (Å²) in [5.74, 6) is -0.575. The lowest BCUT2D eigenvalue weighted by atomic mass is 9.88. The number of benzene rings is 1. The van der Waals surface area contributed by atoms with E-state index in [1.807, 2.05) is 24.3 Å². The van der Waals surface area contributed by atoms with Gasteiger partial charge in [0.05, 0.1) is 13.0 Å². The summed E-state index contributed by atoms with van der Waals surface area (Å²) in [6.07, 6.45) is 25.0. The highest BCUT2D eigenvalue weighted by Gasteiger charge is 2.24. The molecule has 0 aliphatic rings. The van der Waals surface area contributed by atoms with Gasteiger partial charge in [0.2, 0.25) is 0 Å². The monoisotopic (exact) mass is 472 g/mol. The van der Waals surface area contributed by atoms with E-state index >= 15 is 0 Å². The van der Waals surface area contributed by atoms with Crippen molar-refractivity contribution in [1.29, 1.82) is 0 Å². The minimum Gasteiger partial charge on any atom is -0.469 e. The third-order valence-electron chi connectivity index (χ3n) is 7.05. The summed E-state index contributed by atoms with van der Waals surface area (Å²) in [5.41, 5.74) is 1.45. The van der Waals surface area contributed by atoms with Gasteiger partial charge in [-0.3, -0.25) is 9.59 Å². The standard InChI is InChI=1S/C31H52O3/c1-4-5-6-7-8-9-10-11-12-13-14-15-16-17-18-19-20-21-26-30(31(33)34-3)29-25-23-22-24-28(29)27(2)32/h22-25,30H,4-21,26H2,1-3H3. The van der Waals surface area contributed by atoms with E-state index in [1.54, 1.807) is 6.92 Å². The van der Waals surface area contributed by atoms with Crippen molar-refractivity contribution in [3.05, 3.63) is 35.4 Å². The minimum absolute atomic E-state index is 0.00214. The van der Waals surface area contributed by atoms with Gasteiger partial charge in [0, 0.05) is 5.56 Å². The maximum Gasteiger partial charge on any atom is 0.313 e. The van der Waals surface area contributed by atoms with Gasteiger partial charge in [-0.15, -0.1) is 0 Å². The number of hydrogen-bond acceptors (Lipinski definition) is 3. The smallest absolute Gasteiger partial charge is 0.313 e. The highest BCUT2D eigenvalue weighted by atomic mass is 16.5. The predicted molar refractivity (Wildman–Crippen MR) is 145 cm³/mol. The summed E-state index contributed by atoms with van der Waals surface area (Å²) in [6.45, 7) is 3.84. The average molecular weight is 473 g/mol. The Labute approximate surface area is 210 Å². The molecule has 0 aliphatic carbocycles. The SMILES string of the molecule is CCCCCCCCCCCCCCCCCCCCC(C(=O)OC)c1ccccc1C(C)=O. The second-order valence-electron chi connectivity index (χ2n) is 10.0. The number of unbranched alkanes of at least 4 members (excludes halogenated alkanes) is 17. The number of rotatable bonds is 22. The molecule has 3 nitrogen and oxygen atoms in total. The van der Waals surface area contributed by atoms with Crippen molar-refractivity contribution in [2.24, 2.45) is 0 Å². The molecular formula is C31H52O3. The molecule has 0 aromatic heterocycles. The molecule has 0 radical (unpaired) electrons. The lowest BCUT2D eigenvalue weighted by Crippen LogP contribution is -2.17. The van der Waals surface area contributed by atoms with Crippen molar-refractivity contribution in [1.82, 2.24) is 0 Å².